The highest BCUT2D eigenvalue weighted by atomic mass is 79.9. The van der Waals surface area contributed by atoms with E-state index in [1.807, 2.05) is 48.5 Å². The average molecular weight is 561 g/mol. The van der Waals surface area contributed by atoms with Gasteiger partial charge in [0.2, 0.25) is 0 Å². The zero-order valence-corrected chi connectivity index (χ0v) is 24.0. The number of hydrogen-bond acceptors (Lipinski definition) is 3. The van der Waals surface area contributed by atoms with E-state index in [2.05, 4.69) is 35.1 Å². The van der Waals surface area contributed by atoms with Crippen molar-refractivity contribution in [2.24, 2.45) is 0 Å². The maximum Gasteiger partial charge on any atom is 0.262 e. The van der Waals surface area contributed by atoms with Crippen molar-refractivity contribution in [1.29, 1.82) is 0 Å². The second-order valence-electron chi connectivity index (χ2n) is 9.75. The van der Waals surface area contributed by atoms with Gasteiger partial charge in [-0.2, -0.15) is 0 Å². The summed E-state index contributed by atoms with van der Waals surface area (Å²) in [5.41, 5.74) is 1.88. The van der Waals surface area contributed by atoms with Crippen LogP contribution in [0.5, 0.6) is 11.5 Å². The van der Waals surface area contributed by atoms with Crippen molar-refractivity contribution in [2.45, 2.75) is 109 Å². The van der Waals surface area contributed by atoms with Crippen LogP contribution in [0.25, 0.3) is 0 Å². The fourth-order valence-electron chi connectivity index (χ4n) is 4.26. The van der Waals surface area contributed by atoms with Crippen molar-refractivity contribution in [1.82, 2.24) is 0 Å². The molecule has 200 valence electrons. The second-order valence-corrected chi connectivity index (χ2v) is 10.3. The summed E-state index contributed by atoms with van der Waals surface area (Å²) in [4.78, 5) is 12.2. The summed E-state index contributed by atoms with van der Waals surface area (Å²) < 4.78 is 11.7. The highest BCUT2D eigenvalue weighted by Gasteiger charge is 2.07. The number of nitrogens with one attached hydrogen (secondary N) is 1. The van der Waals surface area contributed by atoms with Crippen LogP contribution in [-0.2, 0) is 10.1 Å². The molecule has 1 amide bonds. The molecule has 2 aromatic carbocycles. The number of alkyl halides is 1. The fraction of sp³-hybridized carbons (Fsp3) is 0.581. The summed E-state index contributed by atoms with van der Waals surface area (Å²) in [6.45, 7) is 4.38. The molecular formula is C31H46BrNO3. The number of anilines is 1. The molecule has 0 aliphatic carbocycles. The van der Waals surface area contributed by atoms with Gasteiger partial charge in [-0.1, -0.05) is 106 Å². The van der Waals surface area contributed by atoms with E-state index in [0.717, 1.165) is 28.8 Å². The van der Waals surface area contributed by atoms with Crippen LogP contribution in [0, 0.1) is 0 Å². The highest BCUT2D eigenvalue weighted by molar-refractivity contribution is 9.08. The maximum atomic E-state index is 12.2. The topological polar surface area (TPSA) is 47.6 Å². The minimum absolute atomic E-state index is 0.0336. The van der Waals surface area contributed by atoms with Crippen LogP contribution >= 0.6 is 15.9 Å². The lowest BCUT2D eigenvalue weighted by Gasteiger charge is -2.15. The Morgan fingerprint density at radius 2 is 1.42 bits per heavy atom. The van der Waals surface area contributed by atoms with Gasteiger partial charge in [0, 0.05) is 11.0 Å². The monoisotopic (exact) mass is 559 g/mol. The van der Waals surface area contributed by atoms with E-state index in [9.17, 15) is 4.79 Å². The molecule has 0 spiro atoms. The molecule has 0 saturated carbocycles. The average Bonchev–Trinajstić information content (AvgIpc) is 2.89. The first-order chi connectivity index (χ1) is 17.6. The Morgan fingerprint density at radius 1 is 0.833 bits per heavy atom. The molecule has 36 heavy (non-hydrogen) atoms. The van der Waals surface area contributed by atoms with Gasteiger partial charge in [0.25, 0.3) is 5.91 Å². The van der Waals surface area contributed by atoms with Crippen LogP contribution < -0.4 is 14.8 Å². The Morgan fingerprint density at radius 3 is 2.03 bits per heavy atom. The Balaban J connectivity index is 1.52. The number of hydrogen-bond donors (Lipinski definition) is 1. The normalized spacial score (nSPS) is 11.8. The predicted molar refractivity (Wildman–Crippen MR) is 155 cm³/mol. The quantitative estimate of drug-likeness (QED) is 0.130. The van der Waals surface area contributed by atoms with Crippen molar-refractivity contribution >= 4 is 27.5 Å². The van der Waals surface area contributed by atoms with Gasteiger partial charge in [-0.05, 0) is 61.7 Å². The lowest BCUT2D eigenvalue weighted by molar-refractivity contribution is -0.118. The van der Waals surface area contributed by atoms with Crippen LogP contribution in [0.3, 0.4) is 0 Å². The van der Waals surface area contributed by atoms with Crippen molar-refractivity contribution in [3.8, 4) is 11.5 Å². The van der Waals surface area contributed by atoms with Crippen molar-refractivity contribution in [2.75, 3.05) is 11.9 Å². The van der Waals surface area contributed by atoms with E-state index < -0.39 is 0 Å². The molecule has 0 aromatic heterocycles. The van der Waals surface area contributed by atoms with Crippen LogP contribution in [0.2, 0.25) is 0 Å². The second kappa shape index (κ2) is 19.1. The Kier molecular flexibility index (Phi) is 16.1. The lowest BCUT2D eigenvalue weighted by Crippen LogP contribution is -2.20. The third-order valence-corrected chi connectivity index (χ3v) is 7.01. The van der Waals surface area contributed by atoms with Crippen LogP contribution in [-0.4, -0.2) is 18.6 Å². The van der Waals surface area contributed by atoms with Gasteiger partial charge in [-0.25, -0.2) is 0 Å². The zero-order chi connectivity index (χ0) is 25.8. The van der Waals surface area contributed by atoms with E-state index in [1.165, 1.54) is 77.0 Å². The van der Waals surface area contributed by atoms with Gasteiger partial charge in [0.15, 0.2) is 6.61 Å². The summed E-state index contributed by atoms with van der Waals surface area (Å²) in [5, 5.41) is 3.61. The predicted octanol–water partition coefficient (Wildman–Crippen LogP) is 9.46. The molecule has 2 aromatic rings. The molecule has 5 heteroatoms. The summed E-state index contributed by atoms with van der Waals surface area (Å²) in [5.74, 6) is 1.31. The van der Waals surface area contributed by atoms with Gasteiger partial charge in [-0.15, -0.1) is 0 Å². The van der Waals surface area contributed by atoms with Crippen LogP contribution in [0.4, 0.5) is 5.69 Å². The number of halogens is 1. The molecule has 1 atom stereocenters. The molecule has 0 aliphatic rings. The summed E-state index contributed by atoms with van der Waals surface area (Å²) in [6, 6.07) is 15.3. The summed E-state index contributed by atoms with van der Waals surface area (Å²) >= 11 is 3.43. The number of rotatable bonds is 20. The van der Waals surface area contributed by atoms with Crippen LogP contribution in [0.15, 0.2) is 48.5 Å². The van der Waals surface area contributed by atoms with E-state index in [1.54, 1.807) is 0 Å². The molecule has 2 rings (SSSR count). The third-order valence-electron chi connectivity index (χ3n) is 6.36. The van der Waals surface area contributed by atoms with Gasteiger partial charge in [-0.3, -0.25) is 4.79 Å². The molecular weight excluding hydrogens is 514 g/mol. The Bertz CT molecular complexity index is 840. The lowest BCUT2D eigenvalue weighted by atomic mass is 10.0. The largest absolute Gasteiger partial charge is 0.491 e. The standard InChI is InChI=1S/C31H46BrNO3/c1-3-4-5-6-7-8-9-10-11-12-13-14-16-26(2)36-30-21-19-29(20-22-30)35-25-31(34)33-28-18-15-17-27(23-28)24-32/h15,17-23,26H,3-14,16,24-25H2,1-2H3,(H,33,34). The van der Waals surface area contributed by atoms with Gasteiger partial charge in [0.1, 0.15) is 11.5 Å². The van der Waals surface area contributed by atoms with E-state index in [-0.39, 0.29) is 18.6 Å². The van der Waals surface area contributed by atoms with Crippen LogP contribution in [0.1, 0.15) is 103 Å². The first kappa shape index (κ1) is 30.2. The molecule has 0 heterocycles. The minimum Gasteiger partial charge on any atom is -0.491 e. The number of unbranched alkanes of at least 4 members (excludes halogenated alkanes) is 11. The first-order valence-corrected chi connectivity index (χ1v) is 15.1. The third kappa shape index (κ3) is 13.9. The van der Waals surface area contributed by atoms with E-state index in [0.29, 0.717) is 5.75 Å². The SMILES string of the molecule is CCCCCCCCCCCCCCC(C)Oc1ccc(OCC(=O)Nc2cccc(CBr)c2)cc1. The maximum absolute atomic E-state index is 12.2. The first-order valence-electron chi connectivity index (χ1n) is 13.9. The fourth-order valence-corrected chi connectivity index (χ4v) is 4.61. The molecule has 0 fully saturated rings. The Labute approximate surface area is 227 Å². The molecule has 1 unspecified atom stereocenters. The molecule has 4 nitrogen and oxygen atoms in total. The number of amides is 1. The zero-order valence-electron chi connectivity index (χ0n) is 22.4. The molecule has 0 bridgehead atoms. The van der Waals surface area contributed by atoms with E-state index in [4.69, 9.17) is 9.47 Å². The molecule has 0 aliphatic heterocycles. The van der Waals surface area contributed by atoms with Crippen molar-refractivity contribution < 1.29 is 14.3 Å². The molecule has 0 saturated heterocycles. The summed E-state index contributed by atoms with van der Waals surface area (Å²) in [6.07, 6.45) is 17.7. The minimum atomic E-state index is -0.182. The van der Waals surface area contributed by atoms with Crippen molar-refractivity contribution in [3.63, 3.8) is 0 Å². The Hall–Kier alpha value is -2.01. The van der Waals surface area contributed by atoms with Gasteiger partial charge in [0.05, 0.1) is 6.10 Å². The molecule has 0 radical (unpaired) electrons. The number of ether oxygens (including phenoxy) is 2. The molecule has 1 N–H and O–H groups in total. The number of carbonyl (C=O) groups is 1. The van der Waals surface area contributed by atoms with Crippen molar-refractivity contribution in [3.05, 3.63) is 54.1 Å². The highest BCUT2D eigenvalue weighted by Crippen LogP contribution is 2.21. The number of carbonyl (C=O) groups excluding carboxylic acids is 1. The smallest absolute Gasteiger partial charge is 0.262 e. The summed E-state index contributed by atoms with van der Waals surface area (Å²) in [7, 11) is 0. The van der Waals surface area contributed by atoms with Gasteiger partial charge >= 0.3 is 0 Å². The van der Waals surface area contributed by atoms with E-state index >= 15 is 0 Å². The van der Waals surface area contributed by atoms with Gasteiger partial charge < -0.3 is 14.8 Å². The number of benzene rings is 2.